The maximum Gasteiger partial charge on any atom is 0.139 e. The van der Waals surface area contributed by atoms with Gasteiger partial charge in [0.25, 0.3) is 0 Å². The number of aromatic nitrogens is 1. The Hall–Kier alpha value is -4.76. The van der Waals surface area contributed by atoms with Crippen molar-refractivity contribution in [1.82, 2.24) is 4.57 Å². The predicted molar refractivity (Wildman–Crippen MR) is 154 cm³/mol. The minimum Gasteiger partial charge on any atom is -0.283 e. The third-order valence-electron chi connectivity index (χ3n) is 7.20. The molecule has 6 rings (SSSR count). The van der Waals surface area contributed by atoms with Crippen molar-refractivity contribution in [2.45, 2.75) is 13.8 Å². The summed E-state index contributed by atoms with van der Waals surface area (Å²) in [6, 6.07) is 39.0. The average molecular weight is 478 g/mol. The van der Waals surface area contributed by atoms with Gasteiger partial charge in [-0.25, -0.2) is 0 Å². The van der Waals surface area contributed by atoms with Gasteiger partial charge in [0.05, 0.1) is 5.52 Å². The fourth-order valence-electron chi connectivity index (χ4n) is 5.43. The van der Waals surface area contributed by atoms with E-state index in [9.17, 15) is 10.8 Å². The first kappa shape index (κ1) is 22.7. The number of para-hydroxylation sites is 1. The molecule has 0 aliphatic heterocycles. The van der Waals surface area contributed by atoms with Gasteiger partial charge in [0.1, 0.15) is 11.3 Å². The van der Waals surface area contributed by atoms with Gasteiger partial charge >= 0.3 is 0 Å². The number of hydrogen-bond acceptors (Lipinski definition) is 2. The highest BCUT2D eigenvalue weighted by atomic mass is 15.0. The van der Waals surface area contributed by atoms with Gasteiger partial charge in [0, 0.05) is 21.7 Å². The number of hydrogen-bond donors (Lipinski definition) is 2. The van der Waals surface area contributed by atoms with E-state index in [0.717, 1.165) is 55.1 Å². The van der Waals surface area contributed by atoms with Crippen LogP contribution in [0.3, 0.4) is 0 Å². The third kappa shape index (κ3) is 3.68. The Morgan fingerprint density at radius 1 is 0.568 bits per heavy atom. The summed E-state index contributed by atoms with van der Waals surface area (Å²) in [5.74, 6) is 0.298. The lowest BCUT2D eigenvalue weighted by Gasteiger charge is -2.21. The van der Waals surface area contributed by atoms with Crippen LogP contribution in [-0.4, -0.2) is 10.4 Å². The largest absolute Gasteiger partial charge is 0.283 e. The molecule has 2 N–H and O–H groups in total. The predicted octanol–water partition coefficient (Wildman–Crippen LogP) is 8.10. The highest BCUT2D eigenvalue weighted by molar-refractivity contribution is 6.17. The maximum absolute atomic E-state index is 9.45. The third-order valence-corrected chi connectivity index (χ3v) is 7.20. The molecular formula is C34H27N3. The molecule has 1 aromatic heterocycles. The smallest absolute Gasteiger partial charge is 0.139 e. The molecular weight excluding hydrogens is 450 g/mol. The summed E-state index contributed by atoms with van der Waals surface area (Å²) in [5, 5.41) is 21.8. The van der Waals surface area contributed by atoms with Crippen LogP contribution in [0.25, 0.3) is 43.9 Å². The van der Waals surface area contributed by atoms with Crippen LogP contribution in [0, 0.1) is 24.7 Å². The monoisotopic (exact) mass is 477 g/mol. The van der Waals surface area contributed by atoms with Gasteiger partial charge < -0.3 is 0 Å². The van der Waals surface area contributed by atoms with E-state index in [-0.39, 0.29) is 0 Å². The van der Waals surface area contributed by atoms with E-state index >= 15 is 0 Å². The Morgan fingerprint density at radius 2 is 1.16 bits per heavy atom. The number of pyridine rings is 1. The second kappa shape index (κ2) is 9.03. The number of nitrogens with one attached hydrogen (secondary N) is 2. The van der Waals surface area contributed by atoms with Crippen LogP contribution in [0.4, 0.5) is 0 Å². The van der Waals surface area contributed by atoms with Crippen LogP contribution in [0.15, 0.2) is 115 Å². The normalized spacial score (nSPS) is 11.2. The Balaban J connectivity index is 1.71. The number of nitrogens with zero attached hydrogens (tertiary/aromatic N) is 1. The second-order valence-corrected chi connectivity index (χ2v) is 9.46. The summed E-state index contributed by atoms with van der Waals surface area (Å²) in [4.78, 5) is 0. The van der Waals surface area contributed by atoms with Crippen molar-refractivity contribution >= 4 is 27.5 Å². The first-order chi connectivity index (χ1) is 18.1. The van der Waals surface area contributed by atoms with Crippen LogP contribution >= 0.6 is 0 Å². The second-order valence-electron chi connectivity index (χ2n) is 9.46. The van der Waals surface area contributed by atoms with Gasteiger partial charge in [0.15, 0.2) is 0 Å². The zero-order valence-electron chi connectivity index (χ0n) is 20.9. The number of fused-ring (bicyclic) bond motifs is 3. The van der Waals surface area contributed by atoms with Gasteiger partial charge in [-0.05, 0) is 47.2 Å². The Labute approximate surface area is 216 Å². The van der Waals surface area contributed by atoms with E-state index in [4.69, 9.17) is 0 Å². The molecule has 0 fully saturated rings. The molecule has 1 heterocycles. The van der Waals surface area contributed by atoms with Crippen molar-refractivity contribution in [2.24, 2.45) is 0 Å². The fourth-order valence-corrected chi connectivity index (χ4v) is 5.43. The van der Waals surface area contributed by atoms with Crippen LogP contribution in [-0.2, 0) is 0 Å². The number of benzene rings is 5. The molecule has 37 heavy (non-hydrogen) atoms. The Kier molecular flexibility index (Phi) is 5.54. The minimum atomic E-state index is 0.298. The van der Waals surface area contributed by atoms with Crippen LogP contribution in [0.5, 0.6) is 0 Å². The molecule has 0 amide bonds. The van der Waals surface area contributed by atoms with Gasteiger partial charge in [0.2, 0.25) is 0 Å². The first-order valence-electron chi connectivity index (χ1n) is 12.5. The standard InChI is InChI=1S/C34H27N3/c1-22-12-6-7-16-25(22)27-19-11-21-30-31(27)29-20-10-13-23(2)32(29)37(34(30)36)33(35)28-18-9-8-17-26(28)24-14-4-3-5-15-24/h3-21,35-36H,1-2H3. The molecule has 0 saturated heterocycles. The van der Waals surface area contributed by atoms with Gasteiger partial charge in [-0.15, -0.1) is 0 Å². The highest BCUT2D eigenvalue weighted by Gasteiger charge is 2.19. The highest BCUT2D eigenvalue weighted by Crippen LogP contribution is 2.35. The van der Waals surface area contributed by atoms with Gasteiger partial charge in [-0.2, -0.15) is 0 Å². The van der Waals surface area contributed by atoms with E-state index in [1.165, 1.54) is 5.56 Å². The van der Waals surface area contributed by atoms with Crippen LogP contribution in [0.1, 0.15) is 16.7 Å². The van der Waals surface area contributed by atoms with E-state index in [1.807, 2.05) is 53.1 Å². The van der Waals surface area contributed by atoms with E-state index in [0.29, 0.717) is 11.3 Å². The van der Waals surface area contributed by atoms with E-state index < -0.39 is 0 Å². The van der Waals surface area contributed by atoms with Crippen LogP contribution < -0.4 is 5.49 Å². The number of aryl methyl sites for hydroxylation is 2. The fraction of sp³-hybridized carbons (Fsp3) is 0.0588. The lowest BCUT2D eigenvalue weighted by atomic mass is 9.92. The molecule has 0 bridgehead atoms. The SMILES string of the molecule is Cc1ccccc1-c1cccc2c(=N)n(C(=N)c3ccccc3-c3ccccc3)c3c(C)cccc3c12. The molecule has 0 saturated carbocycles. The molecule has 0 aliphatic rings. The topological polar surface area (TPSA) is 52.6 Å². The van der Waals surface area contributed by atoms with Crippen molar-refractivity contribution in [3.05, 3.63) is 137 Å². The summed E-state index contributed by atoms with van der Waals surface area (Å²) in [6.07, 6.45) is 0. The van der Waals surface area contributed by atoms with E-state index in [2.05, 4.69) is 80.6 Å². The molecule has 0 radical (unpaired) electrons. The maximum atomic E-state index is 9.45. The lowest BCUT2D eigenvalue weighted by Crippen LogP contribution is -2.29. The molecule has 178 valence electrons. The van der Waals surface area contributed by atoms with Crippen molar-refractivity contribution in [2.75, 3.05) is 0 Å². The zero-order valence-corrected chi connectivity index (χ0v) is 20.9. The molecule has 0 atom stereocenters. The van der Waals surface area contributed by atoms with Gasteiger partial charge in [-0.3, -0.25) is 15.4 Å². The number of rotatable bonds is 3. The quantitative estimate of drug-likeness (QED) is 0.147. The lowest BCUT2D eigenvalue weighted by molar-refractivity contribution is 1.02. The van der Waals surface area contributed by atoms with Crippen molar-refractivity contribution in [1.29, 1.82) is 10.8 Å². The molecule has 0 spiro atoms. The molecule has 0 aliphatic carbocycles. The van der Waals surface area contributed by atoms with E-state index in [1.54, 1.807) is 0 Å². The summed E-state index contributed by atoms with van der Waals surface area (Å²) >= 11 is 0. The molecule has 6 aromatic rings. The Morgan fingerprint density at radius 3 is 1.95 bits per heavy atom. The molecule has 5 aromatic carbocycles. The van der Waals surface area contributed by atoms with Gasteiger partial charge in [-0.1, -0.05) is 115 Å². The van der Waals surface area contributed by atoms with Crippen molar-refractivity contribution < 1.29 is 0 Å². The summed E-state index contributed by atoms with van der Waals surface area (Å²) < 4.78 is 1.82. The zero-order chi connectivity index (χ0) is 25.5. The summed E-state index contributed by atoms with van der Waals surface area (Å²) in [5.41, 5.74) is 8.56. The average Bonchev–Trinajstić information content (AvgIpc) is 2.94. The van der Waals surface area contributed by atoms with Crippen molar-refractivity contribution in [3.63, 3.8) is 0 Å². The molecule has 0 unspecified atom stereocenters. The summed E-state index contributed by atoms with van der Waals surface area (Å²) in [7, 11) is 0. The first-order valence-corrected chi connectivity index (χ1v) is 12.5. The molecule has 3 heteroatoms. The molecule has 3 nitrogen and oxygen atoms in total. The minimum absolute atomic E-state index is 0.298. The van der Waals surface area contributed by atoms with Crippen molar-refractivity contribution in [3.8, 4) is 22.3 Å². The summed E-state index contributed by atoms with van der Waals surface area (Å²) in [6.45, 7) is 4.19. The van der Waals surface area contributed by atoms with Crippen LogP contribution in [0.2, 0.25) is 0 Å². The Bertz CT molecular complexity index is 1880.